The number of aromatic amines is 1. The van der Waals surface area contributed by atoms with E-state index in [9.17, 15) is 9.59 Å². The average molecular weight is 472 g/mol. The molecule has 35 heavy (non-hydrogen) atoms. The Kier molecular flexibility index (Phi) is 7.02. The number of fused-ring (bicyclic) bond motifs is 1. The van der Waals surface area contributed by atoms with E-state index in [4.69, 9.17) is 14.2 Å². The molecule has 8 heteroatoms. The molecule has 0 saturated heterocycles. The van der Waals surface area contributed by atoms with Gasteiger partial charge in [-0.1, -0.05) is 24.3 Å². The molecule has 3 N–H and O–H groups in total. The van der Waals surface area contributed by atoms with Crippen LogP contribution in [0.4, 0.5) is 5.69 Å². The SMILES string of the molecule is COc1ccc(/C=C(/NC(=O)c2ccccc2)C(=O)Nc2ccc3cc[nH]c3c2)c(OC)c1OC. The quantitative estimate of drug-likeness (QED) is 0.326. The Morgan fingerprint density at radius 1 is 0.857 bits per heavy atom. The lowest BCUT2D eigenvalue weighted by atomic mass is 10.1. The Balaban J connectivity index is 1.72. The zero-order valence-corrected chi connectivity index (χ0v) is 19.5. The van der Waals surface area contributed by atoms with Crippen LogP contribution in [-0.4, -0.2) is 38.1 Å². The standard InChI is InChI=1S/C27H25N3O5/c1-33-23-12-10-19(24(34-2)25(23)35-3)15-22(30-26(31)18-7-5-4-6-8-18)27(32)29-20-11-9-17-13-14-28-21(17)16-20/h4-16,28H,1-3H3,(H,29,32)(H,30,31)/b22-15+. The largest absolute Gasteiger partial charge is 0.493 e. The Labute approximate surface area is 202 Å². The van der Waals surface area contributed by atoms with E-state index in [1.165, 1.54) is 27.4 Å². The number of nitrogens with one attached hydrogen (secondary N) is 3. The normalized spacial score (nSPS) is 11.1. The molecule has 0 radical (unpaired) electrons. The first-order valence-electron chi connectivity index (χ1n) is 10.8. The highest BCUT2D eigenvalue weighted by Gasteiger charge is 2.19. The predicted molar refractivity (Wildman–Crippen MR) is 135 cm³/mol. The molecule has 8 nitrogen and oxygen atoms in total. The summed E-state index contributed by atoms with van der Waals surface area (Å²) in [6, 6.07) is 19.5. The van der Waals surface area contributed by atoms with Crippen LogP contribution in [0.15, 0.2) is 78.6 Å². The van der Waals surface area contributed by atoms with Crippen molar-refractivity contribution in [2.75, 3.05) is 26.6 Å². The number of carbonyl (C=O) groups excluding carboxylic acids is 2. The summed E-state index contributed by atoms with van der Waals surface area (Å²) in [5.74, 6) is 0.275. The van der Waals surface area contributed by atoms with Crippen molar-refractivity contribution in [1.82, 2.24) is 10.3 Å². The highest BCUT2D eigenvalue weighted by atomic mass is 16.5. The van der Waals surface area contributed by atoms with Gasteiger partial charge in [0.25, 0.3) is 11.8 Å². The van der Waals surface area contributed by atoms with Crippen molar-refractivity contribution in [2.24, 2.45) is 0 Å². The Bertz CT molecular complexity index is 1390. The highest BCUT2D eigenvalue weighted by molar-refractivity contribution is 6.11. The minimum Gasteiger partial charge on any atom is -0.493 e. The molecule has 1 heterocycles. The monoisotopic (exact) mass is 471 g/mol. The maximum atomic E-state index is 13.3. The Morgan fingerprint density at radius 2 is 1.63 bits per heavy atom. The second-order valence-corrected chi connectivity index (χ2v) is 7.54. The number of benzene rings is 3. The lowest BCUT2D eigenvalue weighted by molar-refractivity contribution is -0.113. The molecule has 0 aliphatic carbocycles. The topological polar surface area (TPSA) is 102 Å². The summed E-state index contributed by atoms with van der Waals surface area (Å²) in [5.41, 5.74) is 2.41. The zero-order chi connectivity index (χ0) is 24.8. The third-order valence-electron chi connectivity index (χ3n) is 5.38. The van der Waals surface area contributed by atoms with Crippen LogP contribution in [0.3, 0.4) is 0 Å². The number of rotatable bonds is 8. The van der Waals surface area contributed by atoms with Crippen LogP contribution < -0.4 is 24.8 Å². The third kappa shape index (κ3) is 5.11. The minimum absolute atomic E-state index is 0.0240. The van der Waals surface area contributed by atoms with Crippen LogP contribution in [0.2, 0.25) is 0 Å². The van der Waals surface area contributed by atoms with Crippen molar-refractivity contribution < 1.29 is 23.8 Å². The molecule has 178 valence electrons. The lowest BCUT2D eigenvalue weighted by Gasteiger charge is -2.16. The lowest BCUT2D eigenvalue weighted by Crippen LogP contribution is -2.30. The molecule has 0 spiro atoms. The number of hydrogen-bond acceptors (Lipinski definition) is 5. The number of ether oxygens (including phenoxy) is 3. The molecular formula is C27H25N3O5. The van der Waals surface area contributed by atoms with E-state index >= 15 is 0 Å². The van der Waals surface area contributed by atoms with Crippen molar-refractivity contribution in [3.8, 4) is 17.2 Å². The second-order valence-electron chi connectivity index (χ2n) is 7.54. The highest BCUT2D eigenvalue weighted by Crippen LogP contribution is 2.40. The Hall–Kier alpha value is -4.72. The maximum Gasteiger partial charge on any atom is 0.272 e. The molecule has 0 unspecified atom stereocenters. The molecular weight excluding hydrogens is 446 g/mol. The molecule has 0 aliphatic heterocycles. The summed E-state index contributed by atoms with van der Waals surface area (Å²) in [6.45, 7) is 0. The summed E-state index contributed by atoms with van der Waals surface area (Å²) in [7, 11) is 4.50. The van der Waals surface area contributed by atoms with Gasteiger partial charge in [-0.25, -0.2) is 0 Å². The fraction of sp³-hybridized carbons (Fsp3) is 0.111. The summed E-state index contributed by atoms with van der Waals surface area (Å²) in [4.78, 5) is 29.4. The van der Waals surface area contributed by atoms with E-state index in [-0.39, 0.29) is 5.70 Å². The molecule has 0 aliphatic rings. The van der Waals surface area contributed by atoms with Gasteiger partial charge in [0, 0.05) is 28.5 Å². The van der Waals surface area contributed by atoms with E-state index < -0.39 is 11.8 Å². The summed E-state index contributed by atoms with van der Waals surface area (Å²) in [5, 5.41) is 6.60. The van der Waals surface area contributed by atoms with Crippen molar-refractivity contribution in [2.45, 2.75) is 0 Å². The number of aromatic nitrogens is 1. The number of carbonyl (C=O) groups is 2. The smallest absolute Gasteiger partial charge is 0.272 e. The number of H-pyrrole nitrogens is 1. The van der Waals surface area contributed by atoms with Crippen LogP contribution in [0, 0.1) is 0 Å². The van der Waals surface area contributed by atoms with Crippen LogP contribution in [0.5, 0.6) is 17.2 Å². The number of methoxy groups -OCH3 is 3. The van der Waals surface area contributed by atoms with Gasteiger partial charge in [0.1, 0.15) is 5.70 Å². The van der Waals surface area contributed by atoms with Gasteiger partial charge in [-0.3, -0.25) is 9.59 Å². The first kappa shape index (κ1) is 23.4. The van der Waals surface area contributed by atoms with Crippen LogP contribution in [0.1, 0.15) is 15.9 Å². The molecule has 0 fully saturated rings. The maximum absolute atomic E-state index is 13.3. The minimum atomic E-state index is -0.503. The Morgan fingerprint density at radius 3 is 2.34 bits per heavy atom. The van der Waals surface area contributed by atoms with Gasteiger partial charge in [0.15, 0.2) is 11.5 Å². The predicted octanol–water partition coefficient (Wildman–Crippen LogP) is 4.60. The summed E-state index contributed by atoms with van der Waals surface area (Å²) < 4.78 is 16.3. The number of hydrogen-bond donors (Lipinski definition) is 3. The third-order valence-corrected chi connectivity index (χ3v) is 5.38. The summed E-state index contributed by atoms with van der Waals surface area (Å²) in [6.07, 6.45) is 3.36. The number of anilines is 1. The first-order valence-corrected chi connectivity index (χ1v) is 10.8. The van der Waals surface area contributed by atoms with Crippen molar-refractivity contribution in [1.29, 1.82) is 0 Å². The van der Waals surface area contributed by atoms with Crippen molar-refractivity contribution in [3.63, 3.8) is 0 Å². The zero-order valence-electron chi connectivity index (χ0n) is 19.5. The molecule has 0 saturated carbocycles. The molecule has 0 atom stereocenters. The van der Waals surface area contributed by atoms with E-state index in [0.29, 0.717) is 34.1 Å². The molecule has 3 aromatic carbocycles. The fourth-order valence-corrected chi connectivity index (χ4v) is 3.66. The average Bonchev–Trinajstić information content (AvgIpc) is 3.36. The van der Waals surface area contributed by atoms with Crippen LogP contribution in [0.25, 0.3) is 17.0 Å². The van der Waals surface area contributed by atoms with Gasteiger partial charge >= 0.3 is 0 Å². The van der Waals surface area contributed by atoms with Gasteiger partial charge in [-0.2, -0.15) is 0 Å². The number of amides is 2. The first-order chi connectivity index (χ1) is 17.0. The van der Waals surface area contributed by atoms with Crippen LogP contribution >= 0.6 is 0 Å². The molecule has 2 amide bonds. The fourth-order valence-electron chi connectivity index (χ4n) is 3.66. The van der Waals surface area contributed by atoms with E-state index in [0.717, 1.165) is 10.9 Å². The molecule has 4 aromatic rings. The molecule has 4 rings (SSSR count). The molecule has 1 aromatic heterocycles. The van der Waals surface area contributed by atoms with Gasteiger partial charge < -0.3 is 29.8 Å². The summed E-state index contributed by atoms with van der Waals surface area (Å²) >= 11 is 0. The molecule has 0 bridgehead atoms. The van der Waals surface area contributed by atoms with Crippen LogP contribution in [-0.2, 0) is 4.79 Å². The van der Waals surface area contributed by atoms with Gasteiger partial charge in [0.05, 0.1) is 21.3 Å². The van der Waals surface area contributed by atoms with Crippen molar-refractivity contribution in [3.05, 3.63) is 89.8 Å². The van der Waals surface area contributed by atoms with E-state index in [2.05, 4.69) is 15.6 Å². The van der Waals surface area contributed by atoms with Crippen molar-refractivity contribution >= 4 is 34.5 Å². The van der Waals surface area contributed by atoms with E-state index in [1.807, 2.05) is 30.5 Å². The van der Waals surface area contributed by atoms with Gasteiger partial charge in [0.2, 0.25) is 5.75 Å². The van der Waals surface area contributed by atoms with Gasteiger partial charge in [-0.15, -0.1) is 0 Å². The van der Waals surface area contributed by atoms with E-state index in [1.54, 1.807) is 42.5 Å². The second kappa shape index (κ2) is 10.5. The van der Waals surface area contributed by atoms with Gasteiger partial charge in [-0.05, 0) is 53.9 Å².